The Balaban J connectivity index is 2.25. The molecule has 92 valence electrons. The van der Waals surface area contributed by atoms with Crippen LogP contribution in [0.3, 0.4) is 0 Å². The number of aliphatic carboxylic acids is 1. The summed E-state index contributed by atoms with van der Waals surface area (Å²) in [6, 6.07) is 5.95. The molecule has 0 fully saturated rings. The van der Waals surface area contributed by atoms with E-state index in [0.29, 0.717) is 0 Å². The quantitative estimate of drug-likeness (QED) is 0.771. The fourth-order valence-corrected chi connectivity index (χ4v) is 2.57. The molecule has 2 rings (SSSR count). The maximum atomic E-state index is 11.3. The van der Waals surface area contributed by atoms with Crippen molar-refractivity contribution in [1.82, 2.24) is 0 Å². The molecule has 1 aliphatic carbocycles. The Morgan fingerprint density at radius 3 is 2.76 bits per heavy atom. The molecule has 0 aromatic heterocycles. The first-order chi connectivity index (χ1) is 7.91. The van der Waals surface area contributed by atoms with Crippen LogP contribution in [-0.2, 0) is 17.6 Å². The molecule has 0 spiro atoms. The maximum Gasteiger partial charge on any atom is 0.309 e. The molecule has 0 heterocycles. The fraction of sp³-hybridized carbons (Fsp3) is 0.500. The molecule has 0 saturated heterocycles. The Morgan fingerprint density at radius 2 is 2.12 bits per heavy atom. The third kappa shape index (κ3) is 2.14. The lowest BCUT2D eigenvalue weighted by molar-refractivity contribution is -0.150. The van der Waals surface area contributed by atoms with Crippen molar-refractivity contribution in [2.45, 2.75) is 33.1 Å². The SMILES string of the molecule is CC(C)(C(=O)O)C1CCc2cc(N)ccc2C1. The molecule has 0 radical (unpaired) electrons. The van der Waals surface area contributed by atoms with Gasteiger partial charge in [-0.2, -0.15) is 0 Å². The fourth-order valence-electron chi connectivity index (χ4n) is 2.57. The first-order valence-electron chi connectivity index (χ1n) is 6.02. The molecule has 1 aromatic rings. The minimum atomic E-state index is -0.707. The second-order valence-corrected chi connectivity index (χ2v) is 5.49. The molecule has 3 heteroatoms. The monoisotopic (exact) mass is 233 g/mol. The number of hydrogen-bond acceptors (Lipinski definition) is 2. The van der Waals surface area contributed by atoms with E-state index in [1.807, 2.05) is 32.0 Å². The van der Waals surface area contributed by atoms with E-state index in [1.165, 1.54) is 11.1 Å². The molecule has 0 bridgehead atoms. The van der Waals surface area contributed by atoms with Crippen molar-refractivity contribution in [1.29, 1.82) is 0 Å². The summed E-state index contributed by atoms with van der Waals surface area (Å²) < 4.78 is 0. The molecule has 3 N–H and O–H groups in total. The highest BCUT2D eigenvalue weighted by atomic mass is 16.4. The van der Waals surface area contributed by atoms with E-state index >= 15 is 0 Å². The van der Waals surface area contributed by atoms with Gasteiger partial charge in [-0.3, -0.25) is 4.79 Å². The van der Waals surface area contributed by atoms with Crippen LogP contribution in [0.2, 0.25) is 0 Å². The lowest BCUT2D eigenvalue weighted by Gasteiger charge is -2.34. The van der Waals surface area contributed by atoms with E-state index in [4.69, 9.17) is 5.73 Å². The van der Waals surface area contributed by atoms with Crippen LogP contribution in [0.4, 0.5) is 5.69 Å². The number of carboxylic acid groups (broad SMARTS) is 1. The summed E-state index contributed by atoms with van der Waals surface area (Å²) in [5.41, 5.74) is 8.43. The number of nitrogens with two attached hydrogens (primary N) is 1. The molecule has 1 aromatic carbocycles. The molecule has 1 atom stereocenters. The Morgan fingerprint density at radius 1 is 1.41 bits per heavy atom. The van der Waals surface area contributed by atoms with Crippen LogP contribution in [0.25, 0.3) is 0 Å². The van der Waals surface area contributed by atoms with E-state index in [9.17, 15) is 9.90 Å². The highest BCUT2D eigenvalue weighted by molar-refractivity contribution is 5.74. The number of anilines is 1. The van der Waals surface area contributed by atoms with Gasteiger partial charge in [-0.1, -0.05) is 6.07 Å². The first-order valence-corrected chi connectivity index (χ1v) is 6.02. The number of rotatable bonds is 2. The van der Waals surface area contributed by atoms with Crippen LogP contribution in [0.15, 0.2) is 18.2 Å². The number of benzene rings is 1. The molecule has 1 unspecified atom stereocenters. The lowest BCUT2D eigenvalue weighted by Crippen LogP contribution is -2.36. The number of fused-ring (bicyclic) bond motifs is 1. The minimum Gasteiger partial charge on any atom is -0.481 e. The van der Waals surface area contributed by atoms with Crippen LogP contribution >= 0.6 is 0 Å². The van der Waals surface area contributed by atoms with Gasteiger partial charge in [-0.25, -0.2) is 0 Å². The van der Waals surface area contributed by atoms with Crippen molar-refractivity contribution < 1.29 is 9.90 Å². The number of hydrogen-bond donors (Lipinski definition) is 2. The Kier molecular flexibility index (Phi) is 2.86. The molecule has 0 aliphatic heterocycles. The summed E-state index contributed by atoms with van der Waals surface area (Å²) >= 11 is 0. The third-order valence-electron chi connectivity index (χ3n) is 4.03. The number of nitrogen functional groups attached to an aromatic ring is 1. The zero-order chi connectivity index (χ0) is 12.6. The maximum absolute atomic E-state index is 11.3. The Labute approximate surface area is 102 Å². The van der Waals surface area contributed by atoms with Crippen molar-refractivity contribution >= 4 is 11.7 Å². The average Bonchev–Trinajstić information content (AvgIpc) is 2.28. The Bertz CT molecular complexity index is 452. The lowest BCUT2D eigenvalue weighted by atomic mass is 9.69. The molecule has 0 amide bonds. The van der Waals surface area contributed by atoms with Gasteiger partial charge in [-0.05, 0) is 62.3 Å². The molecule has 1 aliphatic rings. The summed E-state index contributed by atoms with van der Waals surface area (Å²) in [4.78, 5) is 11.3. The van der Waals surface area contributed by atoms with Gasteiger partial charge >= 0.3 is 5.97 Å². The minimum absolute atomic E-state index is 0.205. The molecular weight excluding hydrogens is 214 g/mol. The summed E-state index contributed by atoms with van der Waals surface area (Å²) in [6.45, 7) is 3.64. The number of aryl methyl sites for hydroxylation is 1. The van der Waals surface area contributed by atoms with E-state index in [2.05, 4.69) is 0 Å². The zero-order valence-corrected chi connectivity index (χ0v) is 10.4. The van der Waals surface area contributed by atoms with Gasteiger partial charge in [0.25, 0.3) is 0 Å². The first kappa shape index (κ1) is 12.0. The van der Waals surface area contributed by atoms with Gasteiger partial charge in [0.05, 0.1) is 5.41 Å². The van der Waals surface area contributed by atoms with Crippen LogP contribution in [-0.4, -0.2) is 11.1 Å². The summed E-state index contributed by atoms with van der Waals surface area (Å²) in [7, 11) is 0. The number of carboxylic acids is 1. The van der Waals surface area contributed by atoms with Crippen LogP contribution in [0.1, 0.15) is 31.4 Å². The predicted molar refractivity (Wildman–Crippen MR) is 67.8 cm³/mol. The normalized spacial score (nSPS) is 19.8. The van der Waals surface area contributed by atoms with E-state index in [1.54, 1.807) is 0 Å². The van der Waals surface area contributed by atoms with Crippen LogP contribution in [0.5, 0.6) is 0 Å². The highest BCUT2D eigenvalue weighted by Crippen LogP contribution is 2.38. The van der Waals surface area contributed by atoms with Gasteiger partial charge in [0, 0.05) is 5.69 Å². The summed E-state index contributed by atoms with van der Waals surface area (Å²) in [5, 5.41) is 9.27. The third-order valence-corrected chi connectivity index (χ3v) is 4.03. The average molecular weight is 233 g/mol. The van der Waals surface area contributed by atoms with Gasteiger partial charge in [0.2, 0.25) is 0 Å². The Hall–Kier alpha value is -1.51. The van der Waals surface area contributed by atoms with E-state index < -0.39 is 11.4 Å². The summed E-state index contributed by atoms with van der Waals surface area (Å²) in [5.74, 6) is -0.502. The second-order valence-electron chi connectivity index (χ2n) is 5.49. The highest BCUT2D eigenvalue weighted by Gasteiger charge is 2.38. The van der Waals surface area contributed by atoms with Crippen molar-refractivity contribution in [3.63, 3.8) is 0 Å². The van der Waals surface area contributed by atoms with Crippen molar-refractivity contribution in [2.24, 2.45) is 11.3 Å². The van der Waals surface area contributed by atoms with Crippen LogP contribution < -0.4 is 5.73 Å². The van der Waals surface area contributed by atoms with Gasteiger partial charge < -0.3 is 10.8 Å². The molecular formula is C14H19NO2. The van der Waals surface area contributed by atoms with Crippen LogP contribution in [0, 0.1) is 11.3 Å². The molecule has 3 nitrogen and oxygen atoms in total. The smallest absolute Gasteiger partial charge is 0.309 e. The standard InChI is InChI=1S/C14H19NO2/c1-14(2,13(16)17)11-5-3-10-8-12(15)6-4-9(10)7-11/h4,6,8,11H,3,5,7,15H2,1-2H3,(H,16,17). The van der Waals surface area contributed by atoms with Gasteiger partial charge in [0.1, 0.15) is 0 Å². The molecule has 17 heavy (non-hydrogen) atoms. The van der Waals surface area contributed by atoms with Crippen molar-refractivity contribution in [3.8, 4) is 0 Å². The molecule has 0 saturated carbocycles. The zero-order valence-electron chi connectivity index (χ0n) is 10.4. The van der Waals surface area contributed by atoms with E-state index in [-0.39, 0.29) is 5.92 Å². The topological polar surface area (TPSA) is 63.3 Å². The summed E-state index contributed by atoms with van der Waals surface area (Å²) in [6.07, 6.45) is 2.70. The number of carbonyl (C=O) groups is 1. The van der Waals surface area contributed by atoms with Gasteiger partial charge in [0.15, 0.2) is 0 Å². The van der Waals surface area contributed by atoms with E-state index in [0.717, 1.165) is 24.9 Å². The largest absolute Gasteiger partial charge is 0.481 e. The van der Waals surface area contributed by atoms with Gasteiger partial charge in [-0.15, -0.1) is 0 Å². The second kappa shape index (κ2) is 4.06. The van der Waals surface area contributed by atoms with Crippen molar-refractivity contribution in [3.05, 3.63) is 29.3 Å². The van der Waals surface area contributed by atoms with Crippen molar-refractivity contribution in [2.75, 3.05) is 5.73 Å². The predicted octanol–water partition coefficient (Wildman–Crippen LogP) is 2.48.